The number of nitrogens with one attached hydrogen (secondary N) is 2. The van der Waals surface area contributed by atoms with Gasteiger partial charge in [0.15, 0.2) is 0 Å². The van der Waals surface area contributed by atoms with Crippen molar-refractivity contribution in [1.82, 2.24) is 5.32 Å². The van der Waals surface area contributed by atoms with Crippen LogP contribution in [0.2, 0.25) is 0 Å². The number of alkyl halides is 6. The van der Waals surface area contributed by atoms with Crippen molar-refractivity contribution in [1.29, 1.82) is 0 Å². The van der Waals surface area contributed by atoms with Crippen molar-refractivity contribution in [3.63, 3.8) is 0 Å². The second kappa shape index (κ2) is 7.19. The van der Waals surface area contributed by atoms with Crippen molar-refractivity contribution in [2.75, 3.05) is 11.9 Å². The lowest BCUT2D eigenvalue weighted by Crippen LogP contribution is -2.69. The fourth-order valence-corrected chi connectivity index (χ4v) is 1.94. The second-order valence-electron chi connectivity index (χ2n) is 4.82. The van der Waals surface area contributed by atoms with Crippen molar-refractivity contribution in [3.8, 4) is 0 Å². The van der Waals surface area contributed by atoms with E-state index in [0.717, 1.165) is 12.1 Å². The van der Waals surface area contributed by atoms with Crippen molar-refractivity contribution in [3.05, 3.63) is 29.8 Å². The zero-order valence-corrected chi connectivity index (χ0v) is 13.0. The number of amides is 1. The SMILES string of the molecule is CCOC(=O)C(NC(C)=O)(Nc1ccccc1C(F)(F)F)C(F)(F)F. The van der Waals surface area contributed by atoms with Gasteiger partial charge in [-0.1, -0.05) is 12.1 Å². The van der Waals surface area contributed by atoms with Crippen LogP contribution in [0.15, 0.2) is 24.3 Å². The Morgan fingerprint density at radius 2 is 1.64 bits per heavy atom. The number of para-hydroxylation sites is 1. The molecule has 1 rings (SSSR count). The summed E-state index contributed by atoms with van der Waals surface area (Å²) in [6.45, 7) is 1.40. The summed E-state index contributed by atoms with van der Waals surface area (Å²) in [7, 11) is 0. The van der Waals surface area contributed by atoms with E-state index in [1.165, 1.54) is 17.6 Å². The van der Waals surface area contributed by atoms with Crippen LogP contribution in [0.1, 0.15) is 19.4 Å². The Balaban J connectivity index is 3.54. The Kier molecular flexibility index (Phi) is 5.92. The quantitative estimate of drug-likeness (QED) is 0.474. The molecular formula is C14H14F6N2O3. The number of halogens is 6. The number of hydrogen-bond donors (Lipinski definition) is 2. The van der Waals surface area contributed by atoms with Crippen LogP contribution in [-0.4, -0.2) is 30.3 Å². The van der Waals surface area contributed by atoms with Crippen LogP contribution in [0, 0.1) is 0 Å². The Hall–Kier alpha value is -2.46. The molecule has 0 heterocycles. The summed E-state index contributed by atoms with van der Waals surface area (Å²) in [5, 5.41) is 2.80. The maximum absolute atomic E-state index is 13.6. The third-order valence-corrected chi connectivity index (χ3v) is 2.92. The molecule has 2 N–H and O–H groups in total. The van der Waals surface area contributed by atoms with Crippen molar-refractivity contribution in [2.45, 2.75) is 31.9 Å². The number of benzene rings is 1. The van der Waals surface area contributed by atoms with Crippen LogP contribution in [0.4, 0.5) is 32.0 Å². The summed E-state index contributed by atoms with van der Waals surface area (Å²) >= 11 is 0. The maximum Gasteiger partial charge on any atom is 0.441 e. The molecule has 25 heavy (non-hydrogen) atoms. The van der Waals surface area contributed by atoms with E-state index in [0.29, 0.717) is 19.1 Å². The number of rotatable bonds is 5. The molecule has 1 amide bonds. The van der Waals surface area contributed by atoms with Gasteiger partial charge in [-0.05, 0) is 19.1 Å². The zero-order valence-electron chi connectivity index (χ0n) is 13.0. The van der Waals surface area contributed by atoms with E-state index in [-0.39, 0.29) is 0 Å². The first-order valence-corrected chi connectivity index (χ1v) is 6.82. The molecule has 0 saturated heterocycles. The molecule has 0 spiro atoms. The van der Waals surface area contributed by atoms with Gasteiger partial charge in [-0.15, -0.1) is 0 Å². The van der Waals surface area contributed by atoms with E-state index in [9.17, 15) is 35.9 Å². The van der Waals surface area contributed by atoms with E-state index in [1.807, 2.05) is 0 Å². The largest absolute Gasteiger partial charge is 0.463 e. The lowest BCUT2D eigenvalue weighted by atomic mass is 10.1. The van der Waals surface area contributed by atoms with Crippen LogP contribution in [0.3, 0.4) is 0 Å². The molecule has 0 fully saturated rings. The Morgan fingerprint density at radius 3 is 2.08 bits per heavy atom. The number of esters is 1. The molecule has 0 bridgehead atoms. The third-order valence-electron chi connectivity index (χ3n) is 2.92. The molecule has 140 valence electrons. The van der Waals surface area contributed by atoms with Crippen LogP contribution in [0.25, 0.3) is 0 Å². The predicted octanol–water partition coefficient (Wildman–Crippen LogP) is 3.08. The molecule has 1 unspecified atom stereocenters. The molecule has 0 aliphatic rings. The number of carbonyl (C=O) groups excluding carboxylic acids is 2. The van der Waals surface area contributed by atoms with Gasteiger partial charge in [0.1, 0.15) is 0 Å². The highest BCUT2D eigenvalue weighted by Gasteiger charge is 2.63. The third kappa shape index (κ3) is 4.54. The Morgan fingerprint density at radius 1 is 1.08 bits per heavy atom. The van der Waals surface area contributed by atoms with Gasteiger partial charge >= 0.3 is 24.0 Å². The molecule has 5 nitrogen and oxygen atoms in total. The smallest absolute Gasteiger partial charge is 0.441 e. The Labute approximate surface area is 138 Å². The Bertz CT molecular complexity index is 644. The molecule has 0 saturated carbocycles. The molecule has 1 aromatic rings. The van der Waals surface area contributed by atoms with E-state index in [1.54, 1.807) is 0 Å². The molecule has 1 aromatic carbocycles. The first kappa shape index (κ1) is 20.6. The number of hydrogen-bond acceptors (Lipinski definition) is 4. The van der Waals surface area contributed by atoms with Gasteiger partial charge in [0.05, 0.1) is 12.2 Å². The zero-order chi connectivity index (χ0) is 19.5. The first-order chi connectivity index (χ1) is 11.3. The topological polar surface area (TPSA) is 67.4 Å². The monoisotopic (exact) mass is 372 g/mol. The van der Waals surface area contributed by atoms with E-state index >= 15 is 0 Å². The molecule has 0 aliphatic carbocycles. The summed E-state index contributed by atoms with van der Waals surface area (Å²) in [4.78, 5) is 23.1. The van der Waals surface area contributed by atoms with Crippen LogP contribution >= 0.6 is 0 Å². The number of anilines is 1. The van der Waals surface area contributed by atoms with Crippen LogP contribution in [0.5, 0.6) is 0 Å². The first-order valence-electron chi connectivity index (χ1n) is 6.82. The standard InChI is InChI=1S/C14H14F6N2O3/c1-3-25-11(24)12(14(18,19)20,21-8(2)23)22-10-7-5-4-6-9(10)13(15,16)17/h4-7,22H,3H2,1-2H3,(H,21,23). The normalized spacial score (nSPS) is 14.4. The van der Waals surface area contributed by atoms with Crippen LogP contribution in [-0.2, 0) is 20.5 Å². The highest BCUT2D eigenvalue weighted by atomic mass is 19.4. The van der Waals surface area contributed by atoms with E-state index in [2.05, 4.69) is 4.74 Å². The molecule has 0 radical (unpaired) electrons. The minimum absolute atomic E-state index is 0.487. The fraction of sp³-hybridized carbons (Fsp3) is 0.429. The van der Waals surface area contributed by atoms with E-state index < -0.39 is 47.7 Å². The summed E-state index contributed by atoms with van der Waals surface area (Å²) in [6, 6.07) is 3.23. The summed E-state index contributed by atoms with van der Waals surface area (Å²) < 4.78 is 84.0. The number of ether oxygens (including phenoxy) is 1. The van der Waals surface area contributed by atoms with E-state index in [4.69, 9.17) is 0 Å². The van der Waals surface area contributed by atoms with Crippen molar-refractivity contribution < 1.29 is 40.7 Å². The van der Waals surface area contributed by atoms with Gasteiger partial charge in [0, 0.05) is 12.6 Å². The molecule has 1 atom stereocenters. The van der Waals surface area contributed by atoms with Gasteiger partial charge in [0.2, 0.25) is 5.91 Å². The summed E-state index contributed by atoms with van der Waals surface area (Å²) in [6.07, 6.45) is -10.5. The van der Waals surface area contributed by atoms with Gasteiger partial charge in [0.25, 0.3) is 0 Å². The average Bonchev–Trinajstić information content (AvgIpc) is 2.44. The molecule has 11 heteroatoms. The molecular weight excluding hydrogens is 358 g/mol. The minimum Gasteiger partial charge on any atom is -0.463 e. The minimum atomic E-state index is -5.50. The maximum atomic E-state index is 13.6. The highest BCUT2D eigenvalue weighted by molar-refractivity contribution is 5.91. The highest BCUT2D eigenvalue weighted by Crippen LogP contribution is 2.39. The number of carbonyl (C=O) groups is 2. The predicted molar refractivity (Wildman–Crippen MR) is 74.3 cm³/mol. The van der Waals surface area contributed by atoms with Crippen LogP contribution < -0.4 is 10.6 Å². The van der Waals surface area contributed by atoms with Crippen molar-refractivity contribution in [2.24, 2.45) is 0 Å². The molecule has 0 aromatic heterocycles. The van der Waals surface area contributed by atoms with Gasteiger partial charge in [-0.3, -0.25) is 4.79 Å². The van der Waals surface area contributed by atoms with Crippen molar-refractivity contribution >= 4 is 17.6 Å². The summed E-state index contributed by atoms with van der Waals surface area (Å²) in [5.74, 6) is -3.29. The van der Waals surface area contributed by atoms with Gasteiger partial charge in [-0.2, -0.15) is 26.3 Å². The second-order valence-corrected chi connectivity index (χ2v) is 4.82. The average molecular weight is 372 g/mol. The van der Waals surface area contributed by atoms with Gasteiger partial charge < -0.3 is 15.4 Å². The summed E-state index contributed by atoms with van der Waals surface area (Å²) in [5.41, 5.74) is -6.37. The molecule has 0 aliphatic heterocycles. The lowest BCUT2D eigenvalue weighted by Gasteiger charge is -2.35. The lowest BCUT2D eigenvalue weighted by molar-refractivity contribution is -0.207. The van der Waals surface area contributed by atoms with Gasteiger partial charge in [-0.25, -0.2) is 4.79 Å². The fourth-order valence-electron chi connectivity index (χ4n) is 1.94.